The fourth-order valence-corrected chi connectivity index (χ4v) is 3.99. The summed E-state index contributed by atoms with van der Waals surface area (Å²) in [4.78, 5) is 41.6. The van der Waals surface area contributed by atoms with Gasteiger partial charge in [-0.25, -0.2) is 4.90 Å². The van der Waals surface area contributed by atoms with Crippen molar-refractivity contribution in [2.45, 2.75) is 0 Å². The molecule has 1 fully saturated rings. The molecule has 0 radical (unpaired) electrons. The lowest BCUT2D eigenvalue weighted by Gasteiger charge is -2.28. The lowest BCUT2D eigenvalue weighted by atomic mass is 10.1. The van der Waals surface area contributed by atoms with Crippen LogP contribution in [0.25, 0.3) is 0 Å². The van der Waals surface area contributed by atoms with Crippen molar-refractivity contribution in [3.05, 3.63) is 89.5 Å². The molecule has 160 valence electrons. The topological polar surface area (TPSA) is 79.0 Å². The van der Waals surface area contributed by atoms with E-state index in [4.69, 9.17) is 4.74 Å². The summed E-state index contributed by atoms with van der Waals surface area (Å²) in [6, 6.07) is 20.9. The van der Waals surface area contributed by atoms with Gasteiger partial charge in [0, 0.05) is 30.0 Å². The normalized spacial score (nSPS) is 15.6. The first-order valence-electron chi connectivity index (χ1n) is 10.4. The molecule has 2 heterocycles. The molecule has 2 aliphatic heterocycles. The zero-order chi connectivity index (χ0) is 22.1. The van der Waals surface area contributed by atoms with Crippen LogP contribution in [-0.2, 0) is 4.74 Å². The van der Waals surface area contributed by atoms with Gasteiger partial charge in [0.25, 0.3) is 17.7 Å². The minimum Gasteiger partial charge on any atom is -0.378 e. The van der Waals surface area contributed by atoms with Crippen LogP contribution in [0.2, 0.25) is 0 Å². The number of nitrogens with zero attached hydrogens (tertiary/aromatic N) is 2. The van der Waals surface area contributed by atoms with Crippen LogP contribution in [0.1, 0.15) is 31.1 Å². The molecule has 7 heteroatoms. The van der Waals surface area contributed by atoms with E-state index in [1.165, 1.54) is 0 Å². The van der Waals surface area contributed by atoms with Crippen molar-refractivity contribution in [2.24, 2.45) is 0 Å². The Balaban J connectivity index is 1.32. The second kappa shape index (κ2) is 8.28. The molecule has 1 N–H and O–H groups in total. The van der Waals surface area contributed by atoms with E-state index in [0.717, 1.165) is 23.7 Å². The van der Waals surface area contributed by atoms with Crippen molar-refractivity contribution in [1.29, 1.82) is 0 Å². The molecule has 5 rings (SSSR count). The highest BCUT2D eigenvalue weighted by molar-refractivity contribution is 6.34. The summed E-state index contributed by atoms with van der Waals surface area (Å²) in [6.07, 6.45) is 0. The Morgan fingerprint density at radius 3 is 2.09 bits per heavy atom. The molecule has 32 heavy (non-hydrogen) atoms. The molecule has 3 amide bonds. The fourth-order valence-electron chi connectivity index (χ4n) is 3.99. The number of benzene rings is 3. The van der Waals surface area contributed by atoms with Crippen LogP contribution in [0.5, 0.6) is 0 Å². The highest BCUT2D eigenvalue weighted by atomic mass is 16.5. The molecule has 0 saturated carbocycles. The smallest absolute Gasteiger partial charge is 0.266 e. The average Bonchev–Trinajstić information content (AvgIpc) is 3.10. The van der Waals surface area contributed by atoms with Crippen molar-refractivity contribution in [2.75, 3.05) is 41.4 Å². The van der Waals surface area contributed by atoms with Gasteiger partial charge in [0.15, 0.2) is 0 Å². The summed E-state index contributed by atoms with van der Waals surface area (Å²) in [5.74, 6) is -1.00. The molecule has 0 aromatic heterocycles. The summed E-state index contributed by atoms with van der Waals surface area (Å²) >= 11 is 0. The first kappa shape index (κ1) is 20.0. The van der Waals surface area contributed by atoms with Gasteiger partial charge < -0.3 is 15.0 Å². The van der Waals surface area contributed by atoms with Gasteiger partial charge in [0.2, 0.25) is 0 Å². The standard InChI is InChI=1S/C25H21N3O4/c29-23(17-8-10-19(11-9-17)27-12-14-32-15-13-27)26-18-4-3-5-20(16-18)28-24(30)21-6-1-2-7-22(21)25(28)31/h1-11,16H,12-15H2,(H,26,29). The predicted octanol–water partition coefficient (Wildman–Crippen LogP) is 3.58. The largest absolute Gasteiger partial charge is 0.378 e. The van der Waals surface area contributed by atoms with Crippen LogP contribution in [0.15, 0.2) is 72.8 Å². The molecule has 0 unspecified atom stereocenters. The van der Waals surface area contributed by atoms with Gasteiger partial charge in [-0.05, 0) is 54.6 Å². The number of morpholine rings is 1. The number of fused-ring (bicyclic) bond motifs is 1. The van der Waals surface area contributed by atoms with Crippen LogP contribution >= 0.6 is 0 Å². The number of nitrogens with one attached hydrogen (secondary N) is 1. The van der Waals surface area contributed by atoms with E-state index >= 15 is 0 Å². The van der Waals surface area contributed by atoms with Gasteiger partial charge in [-0.1, -0.05) is 18.2 Å². The van der Waals surface area contributed by atoms with Gasteiger partial charge in [-0.15, -0.1) is 0 Å². The Labute approximate surface area is 185 Å². The monoisotopic (exact) mass is 427 g/mol. The molecule has 0 aliphatic carbocycles. The number of imide groups is 1. The fraction of sp³-hybridized carbons (Fsp3) is 0.160. The lowest BCUT2D eigenvalue weighted by Crippen LogP contribution is -2.36. The molecule has 0 atom stereocenters. The van der Waals surface area contributed by atoms with Gasteiger partial charge >= 0.3 is 0 Å². The quantitative estimate of drug-likeness (QED) is 0.644. The molecule has 7 nitrogen and oxygen atoms in total. The van der Waals surface area contributed by atoms with E-state index in [1.807, 2.05) is 12.1 Å². The number of hydrogen-bond donors (Lipinski definition) is 1. The zero-order valence-electron chi connectivity index (χ0n) is 17.3. The zero-order valence-corrected chi connectivity index (χ0v) is 17.3. The maximum Gasteiger partial charge on any atom is 0.266 e. The summed E-state index contributed by atoms with van der Waals surface area (Å²) < 4.78 is 5.38. The molecule has 0 bridgehead atoms. The van der Waals surface area contributed by atoms with E-state index in [1.54, 1.807) is 60.7 Å². The Morgan fingerprint density at radius 2 is 1.44 bits per heavy atom. The maximum atomic E-state index is 12.7. The van der Waals surface area contributed by atoms with Crippen molar-refractivity contribution < 1.29 is 19.1 Å². The SMILES string of the molecule is O=C(Nc1cccc(N2C(=O)c3ccccc3C2=O)c1)c1ccc(N2CCOCC2)cc1. The van der Waals surface area contributed by atoms with Crippen LogP contribution in [0, 0.1) is 0 Å². The number of amides is 3. The van der Waals surface area contributed by atoms with Crippen molar-refractivity contribution in [3.8, 4) is 0 Å². The Morgan fingerprint density at radius 1 is 0.781 bits per heavy atom. The molecule has 1 saturated heterocycles. The van der Waals surface area contributed by atoms with Crippen LogP contribution in [-0.4, -0.2) is 44.0 Å². The summed E-state index contributed by atoms with van der Waals surface area (Å²) in [7, 11) is 0. The molecular weight excluding hydrogens is 406 g/mol. The number of carbonyl (C=O) groups excluding carboxylic acids is 3. The molecule has 3 aromatic rings. The van der Waals surface area contributed by atoms with E-state index in [2.05, 4.69) is 10.2 Å². The molecular formula is C25H21N3O4. The Bertz CT molecular complexity index is 1160. The third kappa shape index (κ3) is 3.63. The molecule has 0 spiro atoms. The second-order valence-electron chi connectivity index (χ2n) is 7.64. The van der Waals surface area contributed by atoms with E-state index < -0.39 is 0 Å². The third-order valence-corrected chi connectivity index (χ3v) is 5.66. The van der Waals surface area contributed by atoms with Crippen LogP contribution < -0.4 is 15.1 Å². The van der Waals surface area contributed by atoms with Gasteiger partial charge in [-0.2, -0.15) is 0 Å². The number of rotatable bonds is 4. The summed E-state index contributed by atoms with van der Waals surface area (Å²) in [6.45, 7) is 3.06. The van der Waals surface area contributed by atoms with E-state index in [0.29, 0.717) is 41.3 Å². The Kier molecular flexibility index (Phi) is 5.17. The number of carbonyl (C=O) groups is 3. The van der Waals surface area contributed by atoms with Crippen LogP contribution in [0.3, 0.4) is 0 Å². The minimum absolute atomic E-state index is 0.266. The van der Waals surface area contributed by atoms with Crippen molar-refractivity contribution >= 4 is 34.8 Å². The number of anilines is 3. The van der Waals surface area contributed by atoms with Gasteiger partial charge in [-0.3, -0.25) is 14.4 Å². The summed E-state index contributed by atoms with van der Waals surface area (Å²) in [5.41, 5.74) is 3.25. The number of ether oxygens (including phenoxy) is 1. The average molecular weight is 427 g/mol. The Hall–Kier alpha value is -3.97. The highest BCUT2D eigenvalue weighted by Gasteiger charge is 2.36. The predicted molar refractivity (Wildman–Crippen MR) is 121 cm³/mol. The minimum atomic E-state index is -0.368. The van der Waals surface area contributed by atoms with Crippen molar-refractivity contribution in [3.63, 3.8) is 0 Å². The molecule has 2 aliphatic rings. The second-order valence-corrected chi connectivity index (χ2v) is 7.64. The lowest BCUT2D eigenvalue weighted by molar-refractivity contribution is 0.0925. The maximum absolute atomic E-state index is 12.7. The first-order chi connectivity index (χ1) is 15.6. The van der Waals surface area contributed by atoms with Crippen molar-refractivity contribution in [1.82, 2.24) is 0 Å². The summed E-state index contributed by atoms with van der Waals surface area (Å²) in [5, 5.41) is 2.85. The number of hydrogen-bond acceptors (Lipinski definition) is 5. The highest BCUT2D eigenvalue weighted by Crippen LogP contribution is 2.30. The van der Waals surface area contributed by atoms with E-state index in [9.17, 15) is 14.4 Å². The first-order valence-corrected chi connectivity index (χ1v) is 10.4. The van der Waals surface area contributed by atoms with E-state index in [-0.39, 0.29) is 17.7 Å². The molecule has 3 aromatic carbocycles. The third-order valence-electron chi connectivity index (χ3n) is 5.66. The van der Waals surface area contributed by atoms with Gasteiger partial charge in [0.1, 0.15) is 0 Å². The van der Waals surface area contributed by atoms with Gasteiger partial charge in [0.05, 0.1) is 30.0 Å². The van der Waals surface area contributed by atoms with Crippen LogP contribution in [0.4, 0.5) is 17.1 Å².